The number of aryl methyl sites for hydroxylation is 1. The molecule has 2 aromatic carbocycles. The van der Waals surface area contributed by atoms with Crippen LogP contribution < -0.4 is 21.3 Å². The summed E-state index contributed by atoms with van der Waals surface area (Å²) in [5.41, 5.74) is 8.19. The summed E-state index contributed by atoms with van der Waals surface area (Å²) in [5.74, 6) is 0.263. The summed E-state index contributed by atoms with van der Waals surface area (Å²) in [6.45, 7) is 11.9. The number of nitrogens with one attached hydrogen (secondary N) is 4. The SMILES string of the molecule is C1CC2(CCN1)CCOCC2.C1CC2(CCO1)CNC2.O=C1CCCc2cccnc21.O=C1NCCc2ccccc21.c1ccc2c(c1)CCNCC2. The first-order valence-corrected chi connectivity index (χ1v) is 20.2. The van der Waals surface area contributed by atoms with Crippen molar-refractivity contribution in [2.24, 2.45) is 10.8 Å². The van der Waals surface area contributed by atoms with E-state index >= 15 is 0 Å². The zero-order chi connectivity index (χ0) is 36.6. The minimum Gasteiger partial charge on any atom is -0.381 e. The highest BCUT2D eigenvalue weighted by atomic mass is 16.5. The van der Waals surface area contributed by atoms with Gasteiger partial charge in [-0.3, -0.25) is 14.6 Å². The molecule has 4 saturated heterocycles. The molecule has 9 nitrogen and oxygen atoms in total. The zero-order valence-electron chi connectivity index (χ0n) is 31.7. The third kappa shape index (κ3) is 11.5. The second-order valence-electron chi connectivity index (χ2n) is 15.5. The highest BCUT2D eigenvalue weighted by Crippen LogP contribution is 2.38. The Balaban J connectivity index is 0.000000114. The molecule has 4 N–H and O–H groups in total. The minimum absolute atomic E-state index is 0.0619. The Morgan fingerprint density at radius 1 is 0.528 bits per heavy atom. The summed E-state index contributed by atoms with van der Waals surface area (Å²) in [6, 6.07) is 20.3. The lowest BCUT2D eigenvalue weighted by atomic mass is 9.73. The number of rotatable bonds is 0. The summed E-state index contributed by atoms with van der Waals surface area (Å²) < 4.78 is 10.6. The van der Waals surface area contributed by atoms with E-state index in [4.69, 9.17) is 9.47 Å². The number of hydrogen-bond donors (Lipinski definition) is 4. The molecule has 0 bridgehead atoms. The molecule has 2 spiro atoms. The second kappa shape index (κ2) is 20.3. The lowest BCUT2D eigenvalue weighted by Crippen LogP contribution is -2.55. The number of ether oxygens (including phenoxy) is 2. The monoisotopic (exact) mass is 723 g/mol. The molecule has 1 aromatic heterocycles. The van der Waals surface area contributed by atoms with Crippen molar-refractivity contribution < 1.29 is 19.1 Å². The van der Waals surface area contributed by atoms with Crippen molar-refractivity contribution in [3.8, 4) is 0 Å². The predicted molar refractivity (Wildman–Crippen MR) is 211 cm³/mol. The molecule has 0 atom stereocenters. The Labute approximate surface area is 316 Å². The molecule has 1 amide bonds. The van der Waals surface area contributed by atoms with Gasteiger partial charge in [-0.05, 0) is 142 Å². The number of carbonyl (C=O) groups excluding carboxylic acids is 2. The molecule has 0 saturated carbocycles. The van der Waals surface area contributed by atoms with Gasteiger partial charge in [-0.25, -0.2) is 0 Å². The van der Waals surface area contributed by atoms with Crippen molar-refractivity contribution in [3.63, 3.8) is 0 Å². The van der Waals surface area contributed by atoms with Gasteiger partial charge in [0.2, 0.25) is 0 Å². The van der Waals surface area contributed by atoms with Gasteiger partial charge in [0.05, 0.1) is 0 Å². The van der Waals surface area contributed by atoms with Crippen LogP contribution in [0.3, 0.4) is 0 Å². The van der Waals surface area contributed by atoms with E-state index in [0.717, 1.165) is 82.0 Å². The van der Waals surface area contributed by atoms with Gasteiger partial charge in [-0.2, -0.15) is 0 Å². The number of ketones is 1. The van der Waals surface area contributed by atoms with E-state index in [1.54, 1.807) is 6.20 Å². The number of amides is 1. The summed E-state index contributed by atoms with van der Waals surface area (Å²) in [5, 5.41) is 12.9. The van der Waals surface area contributed by atoms with Gasteiger partial charge in [0.25, 0.3) is 5.91 Å². The molecule has 286 valence electrons. The first kappa shape index (κ1) is 39.2. The highest BCUT2D eigenvalue weighted by Gasteiger charge is 2.38. The molecule has 4 fully saturated rings. The molecule has 6 aliphatic heterocycles. The smallest absolute Gasteiger partial charge is 0.251 e. The van der Waals surface area contributed by atoms with Crippen LogP contribution in [0.15, 0.2) is 66.9 Å². The minimum atomic E-state index is 0.0619. The maximum absolute atomic E-state index is 11.2. The van der Waals surface area contributed by atoms with Crippen molar-refractivity contribution in [2.75, 3.05) is 72.2 Å². The van der Waals surface area contributed by atoms with Crippen LogP contribution in [-0.2, 0) is 35.2 Å². The van der Waals surface area contributed by atoms with Gasteiger partial charge in [0.1, 0.15) is 5.69 Å². The average molecular weight is 724 g/mol. The molecule has 0 radical (unpaired) electrons. The number of nitrogens with zero attached hydrogens (tertiary/aromatic N) is 1. The van der Waals surface area contributed by atoms with Gasteiger partial charge < -0.3 is 30.7 Å². The van der Waals surface area contributed by atoms with Gasteiger partial charge in [0.15, 0.2) is 5.78 Å². The normalized spacial score (nSPS) is 21.9. The van der Waals surface area contributed by atoms with Crippen LogP contribution in [0.4, 0.5) is 0 Å². The average Bonchev–Trinajstić information content (AvgIpc) is 3.46. The number of carbonyl (C=O) groups is 2. The summed E-state index contributed by atoms with van der Waals surface area (Å²) >= 11 is 0. The maximum Gasteiger partial charge on any atom is 0.251 e. The van der Waals surface area contributed by atoms with Crippen LogP contribution >= 0.6 is 0 Å². The molecular weight excluding hydrogens is 663 g/mol. The number of pyridine rings is 1. The Kier molecular flexibility index (Phi) is 15.0. The molecule has 0 unspecified atom stereocenters. The standard InChI is InChI=1S/C10H13N.C9H17NO.2C9H9NO.C7H13NO/c1-2-4-10-6-8-11-7-5-9(10)3-1;1-5-10-6-2-9(1)3-7-11-8-4-9;11-8-5-1-3-7-4-2-6-10-9(7)8;11-9-8-4-2-1-3-7(8)5-6-10-9;1-3-9-4-2-7(1)5-8-6-7/h1-4,11H,5-8H2;10H,1-8H2;2,4,6H,1,3,5H2;1-4H,5-6H2,(H,10,11);8H,1-6H2. The lowest BCUT2D eigenvalue weighted by molar-refractivity contribution is -0.0130. The number of benzene rings is 2. The first-order valence-electron chi connectivity index (χ1n) is 20.2. The van der Waals surface area contributed by atoms with Crippen molar-refractivity contribution in [1.29, 1.82) is 0 Å². The summed E-state index contributed by atoms with van der Waals surface area (Å²) in [7, 11) is 0. The number of piperidine rings is 1. The maximum atomic E-state index is 11.2. The number of hydrogen-bond acceptors (Lipinski definition) is 8. The predicted octanol–water partition coefficient (Wildman–Crippen LogP) is 5.50. The fraction of sp³-hybridized carbons (Fsp3) is 0.568. The Morgan fingerprint density at radius 3 is 1.68 bits per heavy atom. The Hall–Kier alpha value is -3.47. The molecule has 7 heterocycles. The Morgan fingerprint density at radius 2 is 1.09 bits per heavy atom. The Bertz CT molecular complexity index is 1480. The van der Waals surface area contributed by atoms with Crippen LogP contribution in [-0.4, -0.2) is 88.9 Å². The third-order valence-corrected chi connectivity index (χ3v) is 12.0. The van der Waals surface area contributed by atoms with Crippen LogP contribution in [0.5, 0.6) is 0 Å². The molecule has 1 aliphatic carbocycles. The van der Waals surface area contributed by atoms with Crippen molar-refractivity contribution in [2.45, 2.75) is 77.0 Å². The lowest BCUT2D eigenvalue weighted by Gasteiger charge is -2.45. The van der Waals surface area contributed by atoms with Gasteiger partial charge in [0, 0.05) is 64.2 Å². The van der Waals surface area contributed by atoms with Crippen molar-refractivity contribution >= 4 is 11.7 Å². The largest absolute Gasteiger partial charge is 0.381 e. The van der Waals surface area contributed by atoms with E-state index in [1.807, 2.05) is 36.4 Å². The molecule has 7 aliphatic rings. The number of fused-ring (bicyclic) bond motifs is 3. The van der Waals surface area contributed by atoms with E-state index in [0.29, 0.717) is 22.9 Å². The van der Waals surface area contributed by atoms with E-state index in [2.05, 4.69) is 50.5 Å². The summed E-state index contributed by atoms with van der Waals surface area (Å²) in [4.78, 5) is 26.4. The van der Waals surface area contributed by atoms with Gasteiger partial charge in [-0.1, -0.05) is 48.5 Å². The second-order valence-corrected chi connectivity index (χ2v) is 15.5. The first-order chi connectivity index (χ1) is 26.0. The molecule has 10 rings (SSSR count). The van der Waals surface area contributed by atoms with Crippen LogP contribution in [0.2, 0.25) is 0 Å². The van der Waals surface area contributed by atoms with E-state index in [9.17, 15) is 9.59 Å². The fourth-order valence-electron chi connectivity index (χ4n) is 8.33. The number of Topliss-reactive ketones (excluding diaryl/α,β-unsaturated/α-hetero) is 1. The van der Waals surface area contributed by atoms with Crippen molar-refractivity contribution in [1.82, 2.24) is 26.3 Å². The zero-order valence-corrected chi connectivity index (χ0v) is 31.7. The van der Waals surface area contributed by atoms with Crippen LogP contribution in [0.25, 0.3) is 0 Å². The summed E-state index contributed by atoms with van der Waals surface area (Å²) in [6.07, 6.45) is 15.6. The quantitative estimate of drug-likeness (QED) is 0.241. The fourth-order valence-corrected chi connectivity index (χ4v) is 8.33. The molecule has 9 heteroatoms. The molecule has 53 heavy (non-hydrogen) atoms. The molecular formula is C44H61N5O4. The third-order valence-electron chi connectivity index (χ3n) is 12.0. The van der Waals surface area contributed by atoms with Crippen LogP contribution in [0.1, 0.15) is 94.5 Å². The van der Waals surface area contributed by atoms with E-state index < -0.39 is 0 Å². The van der Waals surface area contributed by atoms with Crippen LogP contribution in [0, 0.1) is 10.8 Å². The van der Waals surface area contributed by atoms with Crippen molar-refractivity contribution in [3.05, 3.63) is 100 Å². The topological polar surface area (TPSA) is 114 Å². The molecule has 3 aromatic rings. The van der Waals surface area contributed by atoms with E-state index in [-0.39, 0.29) is 11.7 Å². The van der Waals surface area contributed by atoms with Gasteiger partial charge in [-0.15, -0.1) is 0 Å². The van der Waals surface area contributed by atoms with E-state index in [1.165, 1.54) is 88.7 Å². The highest BCUT2D eigenvalue weighted by molar-refractivity contribution is 5.97. The van der Waals surface area contributed by atoms with Gasteiger partial charge >= 0.3 is 0 Å². The number of aromatic nitrogens is 1.